The van der Waals surface area contributed by atoms with Gasteiger partial charge in [0.25, 0.3) is 5.69 Å². The molecule has 33 heavy (non-hydrogen) atoms. The molecule has 1 aliphatic heterocycles. The molecule has 9 nitrogen and oxygen atoms in total. The van der Waals surface area contributed by atoms with Crippen LogP contribution in [-0.4, -0.2) is 47.0 Å². The van der Waals surface area contributed by atoms with E-state index in [9.17, 15) is 14.9 Å². The van der Waals surface area contributed by atoms with E-state index in [-0.39, 0.29) is 16.6 Å². The van der Waals surface area contributed by atoms with Crippen molar-refractivity contribution in [3.05, 3.63) is 88.6 Å². The number of para-hydroxylation sites is 2. The van der Waals surface area contributed by atoms with Gasteiger partial charge in [-0.1, -0.05) is 36.4 Å². The number of nitrogens with zero attached hydrogens (tertiary/aromatic N) is 4. The van der Waals surface area contributed by atoms with Gasteiger partial charge in [-0.2, -0.15) is 0 Å². The number of nitrogens with one attached hydrogen (secondary N) is 2. The molecule has 0 spiro atoms. The molecule has 2 aromatic carbocycles. The third-order valence-electron chi connectivity index (χ3n) is 5.53. The Morgan fingerprint density at radius 3 is 2.42 bits per heavy atom. The first kappa shape index (κ1) is 22.2. The second-order valence-electron chi connectivity index (χ2n) is 7.85. The number of nitro groups is 1. The molecule has 0 bridgehead atoms. The Hall–Kier alpha value is -3.98. The lowest BCUT2D eigenvalue weighted by molar-refractivity contribution is -0.385. The summed E-state index contributed by atoms with van der Waals surface area (Å²) in [4.78, 5) is 32.1. The molecule has 0 atom stereocenters. The number of rotatable bonds is 6. The lowest BCUT2D eigenvalue weighted by atomic mass is 10.1. The maximum Gasteiger partial charge on any atom is 0.323 e. The molecule has 9 heteroatoms. The van der Waals surface area contributed by atoms with E-state index >= 15 is 0 Å². The van der Waals surface area contributed by atoms with Gasteiger partial charge in [0.2, 0.25) is 0 Å². The fourth-order valence-electron chi connectivity index (χ4n) is 3.88. The van der Waals surface area contributed by atoms with Crippen molar-refractivity contribution in [1.82, 2.24) is 9.88 Å². The zero-order chi connectivity index (χ0) is 23.0. The van der Waals surface area contributed by atoms with Crippen molar-refractivity contribution in [3.8, 4) is 0 Å². The minimum atomic E-state index is -0.323. The topological polar surface area (TPSA) is 104 Å². The predicted molar refractivity (Wildman–Crippen MR) is 129 cm³/mol. The van der Waals surface area contributed by atoms with Crippen LogP contribution in [0.4, 0.5) is 27.7 Å². The minimum Gasteiger partial charge on any atom is -0.355 e. The summed E-state index contributed by atoms with van der Waals surface area (Å²) in [6.45, 7) is 3.82. The van der Waals surface area contributed by atoms with E-state index in [4.69, 9.17) is 0 Å². The van der Waals surface area contributed by atoms with Gasteiger partial charge in [-0.05, 0) is 30.7 Å². The summed E-state index contributed by atoms with van der Waals surface area (Å²) in [6.07, 6.45) is 2.58. The second-order valence-corrected chi connectivity index (χ2v) is 7.85. The fourth-order valence-corrected chi connectivity index (χ4v) is 3.88. The van der Waals surface area contributed by atoms with Crippen molar-refractivity contribution in [2.24, 2.45) is 0 Å². The van der Waals surface area contributed by atoms with Gasteiger partial charge in [-0.3, -0.25) is 15.0 Å². The van der Waals surface area contributed by atoms with Crippen molar-refractivity contribution in [2.45, 2.75) is 13.0 Å². The van der Waals surface area contributed by atoms with Gasteiger partial charge in [0.1, 0.15) is 5.82 Å². The van der Waals surface area contributed by atoms with Gasteiger partial charge in [-0.15, -0.1) is 0 Å². The Morgan fingerprint density at radius 2 is 1.67 bits per heavy atom. The van der Waals surface area contributed by atoms with Gasteiger partial charge in [0.05, 0.1) is 16.8 Å². The zero-order valence-corrected chi connectivity index (χ0v) is 18.2. The minimum absolute atomic E-state index is 0.166. The van der Waals surface area contributed by atoms with Crippen LogP contribution in [0.1, 0.15) is 12.0 Å². The summed E-state index contributed by atoms with van der Waals surface area (Å²) in [5, 5.41) is 16.9. The Kier molecular flexibility index (Phi) is 7.11. The molecule has 3 aromatic rings. The molecule has 0 aliphatic carbocycles. The molecule has 2 heterocycles. The van der Waals surface area contributed by atoms with Crippen molar-refractivity contribution in [3.63, 3.8) is 0 Å². The third-order valence-corrected chi connectivity index (χ3v) is 5.53. The lowest BCUT2D eigenvalue weighted by Crippen LogP contribution is -2.31. The molecule has 2 N–H and O–H groups in total. The maximum atomic E-state index is 12.2. The van der Waals surface area contributed by atoms with Crippen molar-refractivity contribution in [2.75, 3.05) is 41.7 Å². The van der Waals surface area contributed by atoms with Crippen LogP contribution in [0.2, 0.25) is 0 Å². The molecule has 4 rings (SSSR count). The van der Waals surface area contributed by atoms with Crippen molar-refractivity contribution < 1.29 is 9.72 Å². The normalized spacial score (nSPS) is 14.4. The highest BCUT2D eigenvalue weighted by Gasteiger charge is 2.20. The highest BCUT2D eigenvalue weighted by atomic mass is 16.6. The molecular weight excluding hydrogens is 420 g/mol. The Morgan fingerprint density at radius 1 is 0.909 bits per heavy atom. The van der Waals surface area contributed by atoms with Crippen LogP contribution in [0.3, 0.4) is 0 Å². The number of carbonyl (C=O) groups is 1. The first-order valence-electron chi connectivity index (χ1n) is 10.9. The summed E-state index contributed by atoms with van der Waals surface area (Å²) < 4.78 is 0. The second kappa shape index (κ2) is 10.6. The van der Waals surface area contributed by atoms with Gasteiger partial charge < -0.3 is 15.5 Å². The van der Waals surface area contributed by atoms with Crippen molar-refractivity contribution >= 4 is 28.9 Å². The van der Waals surface area contributed by atoms with E-state index in [0.29, 0.717) is 12.2 Å². The highest BCUT2D eigenvalue weighted by Crippen LogP contribution is 2.21. The average Bonchev–Trinajstić information content (AvgIpc) is 3.06. The number of amides is 2. The monoisotopic (exact) mass is 446 g/mol. The lowest BCUT2D eigenvalue weighted by Gasteiger charge is -2.23. The molecule has 1 aromatic heterocycles. The Bertz CT molecular complexity index is 1090. The summed E-state index contributed by atoms with van der Waals surface area (Å²) in [5.74, 6) is 0.844. The number of pyridine rings is 1. The van der Waals surface area contributed by atoms with Crippen LogP contribution in [0.25, 0.3) is 0 Å². The van der Waals surface area contributed by atoms with Crippen molar-refractivity contribution in [1.29, 1.82) is 0 Å². The first-order chi connectivity index (χ1) is 16.1. The first-order valence-corrected chi connectivity index (χ1v) is 10.9. The third kappa shape index (κ3) is 6.05. The van der Waals surface area contributed by atoms with E-state index in [1.165, 1.54) is 0 Å². The largest absolute Gasteiger partial charge is 0.355 e. The van der Waals surface area contributed by atoms with E-state index in [1.807, 2.05) is 54.6 Å². The van der Waals surface area contributed by atoms with Crippen LogP contribution >= 0.6 is 0 Å². The van der Waals surface area contributed by atoms with Gasteiger partial charge in [-0.25, -0.2) is 9.78 Å². The summed E-state index contributed by atoms with van der Waals surface area (Å²) in [7, 11) is 0. The number of hydrogen-bond acceptors (Lipinski definition) is 6. The van der Waals surface area contributed by atoms with Crippen LogP contribution in [0.5, 0.6) is 0 Å². The Balaban J connectivity index is 1.32. The number of carbonyl (C=O) groups excluding carboxylic acids is 1. The highest BCUT2D eigenvalue weighted by molar-refractivity contribution is 5.99. The molecular formula is C24H26N6O3. The summed E-state index contributed by atoms with van der Waals surface area (Å²) in [5.41, 5.74) is 2.23. The fraction of sp³-hybridized carbons (Fsp3) is 0.250. The smallest absolute Gasteiger partial charge is 0.323 e. The van der Waals surface area contributed by atoms with E-state index in [0.717, 1.165) is 49.7 Å². The predicted octanol–water partition coefficient (Wildman–Crippen LogP) is 4.35. The van der Waals surface area contributed by atoms with Crippen LogP contribution in [0.15, 0.2) is 72.9 Å². The maximum absolute atomic E-state index is 12.2. The van der Waals surface area contributed by atoms with E-state index in [2.05, 4.69) is 25.4 Å². The number of nitro benzene ring substituents is 1. The molecule has 0 radical (unpaired) electrons. The van der Waals surface area contributed by atoms with Crippen LogP contribution in [-0.2, 0) is 6.54 Å². The zero-order valence-electron chi connectivity index (χ0n) is 18.2. The quantitative estimate of drug-likeness (QED) is 0.431. The van der Waals surface area contributed by atoms with Crippen LogP contribution < -0.4 is 15.5 Å². The number of hydrogen-bond donors (Lipinski definition) is 2. The van der Waals surface area contributed by atoms with Gasteiger partial charge in [0, 0.05) is 50.0 Å². The summed E-state index contributed by atoms with van der Waals surface area (Å²) >= 11 is 0. The molecule has 1 fully saturated rings. The Labute approximate surface area is 192 Å². The van der Waals surface area contributed by atoms with E-state index < -0.39 is 0 Å². The number of urea groups is 1. The average molecular weight is 447 g/mol. The van der Waals surface area contributed by atoms with Crippen LogP contribution in [0, 0.1) is 10.1 Å². The number of anilines is 3. The number of benzene rings is 2. The van der Waals surface area contributed by atoms with E-state index in [1.54, 1.807) is 18.3 Å². The SMILES string of the molecule is O=C(Nc1ccccc1)Nc1ccc(N2CCCN(Cc3ccccc3[N+](=O)[O-])CC2)nc1. The standard InChI is InChI=1S/C24H26N6O3/c31-24(26-20-8-2-1-3-9-20)27-21-11-12-23(25-17-21)29-14-6-13-28(15-16-29)18-19-7-4-5-10-22(19)30(32)33/h1-5,7-12,17H,6,13-16,18H2,(H2,26,27,31). The molecule has 1 saturated heterocycles. The molecule has 2 amide bonds. The summed E-state index contributed by atoms with van der Waals surface area (Å²) in [6, 6.07) is 19.6. The molecule has 170 valence electrons. The molecule has 1 aliphatic rings. The molecule has 0 unspecified atom stereocenters. The van der Waals surface area contributed by atoms with Gasteiger partial charge in [0.15, 0.2) is 0 Å². The number of aromatic nitrogens is 1. The molecule has 0 saturated carbocycles. The van der Waals surface area contributed by atoms with Gasteiger partial charge >= 0.3 is 6.03 Å².